The molecule has 1 unspecified atom stereocenters. The Balaban J connectivity index is 3.14. The molecule has 0 aliphatic rings. The van der Waals surface area contributed by atoms with Gasteiger partial charge in [0.05, 0.1) is 13.2 Å². The van der Waals surface area contributed by atoms with Crippen LogP contribution in [0.1, 0.15) is 31.1 Å². The molecule has 0 saturated heterocycles. The summed E-state index contributed by atoms with van der Waals surface area (Å²) in [6.45, 7) is 5.96. The predicted octanol–water partition coefficient (Wildman–Crippen LogP) is 2.10. The normalized spacial score (nSPS) is 12.8. The molecule has 20 heavy (non-hydrogen) atoms. The third-order valence-corrected chi connectivity index (χ3v) is 4.34. The van der Waals surface area contributed by atoms with Crippen LogP contribution in [0.25, 0.3) is 0 Å². The van der Waals surface area contributed by atoms with Crippen molar-refractivity contribution in [1.29, 1.82) is 0 Å². The number of ether oxygens (including phenoxy) is 2. The van der Waals surface area contributed by atoms with Crippen LogP contribution in [0.15, 0.2) is 18.2 Å². The van der Waals surface area contributed by atoms with Gasteiger partial charge in [-0.25, -0.2) is 8.42 Å². The Hall–Kier alpha value is -1.56. The van der Waals surface area contributed by atoms with E-state index in [2.05, 4.69) is 0 Å². The summed E-state index contributed by atoms with van der Waals surface area (Å²) in [4.78, 5) is 12.1. The molecule has 1 aromatic rings. The van der Waals surface area contributed by atoms with Crippen molar-refractivity contribution in [2.75, 3.05) is 19.5 Å². The van der Waals surface area contributed by atoms with E-state index in [1.807, 2.05) is 13.8 Å². The highest BCUT2D eigenvalue weighted by molar-refractivity contribution is 7.92. The number of sulfone groups is 1. The molecule has 0 heterocycles. The van der Waals surface area contributed by atoms with Gasteiger partial charge in [-0.2, -0.15) is 0 Å². The number of carbonyl (C=O) groups excluding carboxylic acids is 1. The number of benzene rings is 1. The van der Waals surface area contributed by atoms with Crippen LogP contribution in [0.4, 0.5) is 0 Å². The lowest BCUT2D eigenvalue weighted by Gasteiger charge is -2.13. The lowest BCUT2D eigenvalue weighted by Crippen LogP contribution is -2.26. The minimum absolute atomic E-state index is 0.301. The zero-order valence-electron chi connectivity index (χ0n) is 12.2. The molecule has 0 N–H and O–H groups in total. The van der Waals surface area contributed by atoms with E-state index >= 15 is 0 Å². The van der Waals surface area contributed by atoms with Crippen molar-refractivity contribution in [2.24, 2.45) is 0 Å². The predicted molar refractivity (Wildman–Crippen MR) is 77.4 cm³/mol. The second-order valence-electron chi connectivity index (χ2n) is 4.36. The maximum absolute atomic E-state index is 12.1. The van der Waals surface area contributed by atoms with E-state index in [-0.39, 0.29) is 0 Å². The fraction of sp³-hybridized carbons (Fsp3) is 0.500. The average Bonchev–Trinajstić information content (AvgIpc) is 2.38. The Bertz CT molecular complexity index is 577. The lowest BCUT2D eigenvalue weighted by molar-refractivity contribution is 0.0991. The second kappa shape index (κ2) is 6.74. The Morgan fingerprint density at radius 2 is 1.70 bits per heavy atom. The van der Waals surface area contributed by atoms with Crippen LogP contribution in [0, 0.1) is 0 Å². The number of hydrogen-bond acceptors (Lipinski definition) is 5. The number of hydrogen-bond donors (Lipinski definition) is 0. The molecule has 1 rings (SSSR count). The Morgan fingerprint density at radius 1 is 1.15 bits per heavy atom. The first-order chi connectivity index (χ1) is 9.31. The summed E-state index contributed by atoms with van der Waals surface area (Å²) in [7, 11) is -3.42. The van der Waals surface area contributed by atoms with Gasteiger partial charge in [-0.15, -0.1) is 0 Å². The molecule has 5 nitrogen and oxygen atoms in total. The van der Waals surface area contributed by atoms with Crippen LogP contribution in [-0.2, 0) is 9.84 Å². The third-order valence-electron chi connectivity index (χ3n) is 2.84. The van der Waals surface area contributed by atoms with Gasteiger partial charge in [0, 0.05) is 11.8 Å². The Kier molecular flexibility index (Phi) is 5.56. The molecule has 1 aromatic carbocycles. The maximum Gasteiger partial charge on any atom is 0.180 e. The van der Waals surface area contributed by atoms with Gasteiger partial charge in [-0.05, 0) is 39.0 Å². The van der Waals surface area contributed by atoms with Gasteiger partial charge in [-0.3, -0.25) is 4.79 Å². The highest BCUT2D eigenvalue weighted by atomic mass is 32.2. The maximum atomic E-state index is 12.1. The first kappa shape index (κ1) is 16.5. The van der Waals surface area contributed by atoms with E-state index < -0.39 is 20.9 Å². The summed E-state index contributed by atoms with van der Waals surface area (Å²) in [6.07, 6.45) is 1.05. The topological polar surface area (TPSA) is 69.7 Å². The molecule has 0 aliphatic carbocycles. The van der Waals surface area contributed by atoms with Gasteiger partial charge in [0.2, 0.25) is 0 Å². The van der Waals surface area contributed by atoms with Crippen LogP contribution in [0.5, 0.6) is 11.5 Å². The molecule has 1 atom stereocenters. The molecule has 0 bridgehead atoms. The second-order valence-corrected chi connectivity index (χ2v) is 6.73. The monoisotopic (exact) mass is 300 g/mol. The van der Waals surface area contributed by atoms with Crippen molar-refractivity contribution in [3.8, 4) is 11.5 Å². The molecule has 112 valence electrons. The lowest BCUT2D eigenvalue weighted by atomic mass is 10.1. The zero-order chi connectivity index (χ0) is 15.3. The number of carbonyl (C=O) groups is 1. The molecule has 0 saturated carbocycles. The van der Waals surface area contributed by atoms with Gasteiger partial charge in [-0.1, -0.05) is 0 Å². The molecule has 0 amide bonds. The van der Waals surface area contributed by atoms with Gasteiger partial charge < -0.3 is 9.47 Å². The molecule has 0 radical (unpaired) electrons. The minimum atomic E-state index is -3.42. The van der Waals surface area contributed by atoms with E-state index in [0.717, 1.165) is 6.26 Å². The third kappa shape index (κ3) is 3.96. The smallest absolute Gasteiger partial charge is 0.180 e. The quantitative estimate of drug-likeness (QED) is 0.721. The summed E-state index contributed by atoms with van der Waals surface area (Å²) in [5.41, 5.74) is 0.301. The van der Waals surface area contributed by atoms with Gasteiger partial charge >= 0.3 is 0 Å². The summed E-state index contributed by atoms with van der Waals surface area (Å²) in [5.74, 6) is 0.537. The standard InChI is InChI=1S/C14H20O5S/c1-5-18-12-8-7-11(9-13(12)19-6-2)14(15)10(3)20(4,16)17/h7-10H,5-6H2,1-4H3. The largest absolute Gasteiger partial charge is 0.490 e. The Labute approximate surface area is 119 Å². The van der Waals surface area contributed by atoms with Gasteiger partial charge in [0.15, 0.2) is 27.1 Å². The van der Waals surface area contributed by atoms with Gasteiger partial charge in [0.25, 0.3) is 0 Å². The van der Waals surface area contributed by atoms with Crippen LogP contribution in [0.2, 0.25) is 0 Å². The summed E-state index contributed by atoms with van der Waals surface area (Å²) >= 11 is 0. The zero-order valence-corrected chi connectivity index (χ0v) is 13.0. The molecule has 0 fully saturated rings. The molecular formula is C14H20O5S. The molecular weight excluding hydrogens is 280 g/mol. The van der Waals surface area contributed by atoms with Crippen molar-refractivity contribution < 1.29 is 22.7 Å². The van der Waals surface area contributed by atoms with Crippen molar-refractivity contribution in [3.05, 3.63) is 23.8 Å². The van der Waals surface area contributed by atoms with Crippen LogP contribution >= 0.6 is 0 Å². The van der Waals surface area contributed by atoms with Crippen molar-refractivity contribution >= 4 is 15.6 Å². The van der Waals surface area contributed by atoms with Crippen LogP contribution in [-0.4, -0.2) is 38.9 Å². The van der Waals surface area contributed by atoms with E-state index in [1.165, 1.54) is 13.0 Å². The van der Waals surface area contributed by atoms with Crippen LogP contribution in [0.3, 0.4) is 0 Å². The summed E-state index contributed by atoms with van der Waals surface area (Å²) in [5, 5.41) is -1.07. The van der Waals surface area contributed by atoms with Crippen molar-refractivity contribution in [3.63, 3.8) is 0 Å². The summed E-state index contributed by atoms with van der Waals surface area (Å²) < 4.78 is 33.7. The minimum Gasteiger partial charge on any atom is -0.490 e. The average molecular weight is 300 g/mol. The molecule has 6 heteroatoms. The van der Waals surface area contributed by atoms with E-state index in [0.29, 0.717) is 30.3 Å². The fourth-order valence-corrected chi connectivity index (χ4v) is 2.16. The number of Topliss-reactive ketones (excluding diaryl/α,β-unsaturated/α-hetero) is 1. The van der Waals surface area contributed by atoms with E-state index in [9.17, 15) is 13.2 Å². The number of rotatable bonds is 7. The van der Waals surface area contributed by atoms with Crippen molar-refractivity contribution in [1.82, 2.24) is 0 Å². The molecule has 0 aliphatic heterocycles. The van der Waals surface area contributed by atoms with Crippen molar-refractivity contribution in [2.45, 2.75) is 26.0 Å². The Morgan fingerprint density at radius 3 is 2.20 bits per heavy atom. The van der Waals surface area contributed by atoms with Gasteiger partial charge in [0.1, 0.15) is 5.25 Å². The van der Waals surface area contributed by atoms with Crippen LogP contribution < -0.4 is 9.47 Å². The number of ketones is 1. The summed E-state index contributed by atoms with van der Waals surface area (Å²) in [6, 6.07) is 4.70. The highest BCUT2D eigenvalue weighted by Crippen LogP contribution is 2.29. The molecule has 0 aromatic heterocycles. The van der Waals surface area contributed by atoms with E-state index in [4.69, 9.17) is 9.47 Å². The first-order valence-corrected chi connectivity index (χ1v) is 8.39. The highest BCUT2D eigenvalue weighted by Gasteiger charge is 2.25. The fourth-order valence-electron chi connectivity index (χ4n) is 1.63. The molecule has 0 spiro atoms. The SMILES string of the molecule is CCOc1ccc(C(=O)C(C)S(C)(=O)=O)cc1OCC. The van der Waals surface area contributed by atoms with E-state index in [1.54, 1.807) is 12.1 Å². The first-order valence-electron chi connectivity index (χ1n) is 6.44.